The number of nitrogens with one attached hydrogen (secondary N) is 4. The fraction of sp³-hybridized carbons (Fsp3) is 0.833. The van der Waals surface area contributed by atoms with Gasteiger partial charge in [0.25, 0.3) is 0 Å². The number of hydrogen-bond donors (Lipinski definition) is 8. The number of carboxylic acid groups (broad SMARTS) is 4. The summed E-state index contributed by atoms with van der Waals surface area (Å²) < 4.78 is 19.9. The molecule has 0 aromatic heterocycles. The van der Waals surface area contributed by atoms with Crippen molar-refractivity contribution in [1.29, 1.82) is 0 Å². The lowest BCUT2D eigenvalue weighted by molar-refractivity contribution is -0.140. The smallest absolute Gasteiger partial charge is 0.320 e. The van der Waals surface area contributed by atoms with Crippen LogP contribution in [0, 0.1) is 0 Å². The van der Waals surface area contributed by atoms with Crippen molar-refractivity contribution in [1.82, 2.24) is 21.3 Å². The molecule has 0 unspecified atom stereocenters. The molecular weight excluding hydrogens is 536 g/mol. The standard InChI is InChI=1S/4C6H11NO3/c4*1-10-4-2-5(6(8)9)7-3-4/h4*4-5,7H,2-3H2,1H3,(H,8,9)/t2*4-,5+;2*4-,5-/m1010/s1. The minimum absolute atomic E-state index is 0.0705. The predicted molar refractivity (Wildman–Crippen MR) is 139 cm³/mol. The monoisotopic (exact) mass is 580 g/mol. The van der Waals surface area contributed by atoms with Crippen LogP contribution in [-0.4, -0.2) is 148 Å². The first-order chi connectivity index (χ1) is 18.9. The number of hydrogen-bond acceptors (Lipinski definition) is 12. The Morgan fingerprint density at radius 1 is 0.450 bits per heavy atom. The molecule has 0 spiro atoms. The molecule has 0 radical (unpaired) electrons. The lowest BCUT2D eigenvalue weighted by Gasteiger charge is -2.03. The summed E-state index contributed by atoms with van der Waals surface area (Å²) in [5, 5.41) is 45.4. The van der Waals surface area contributed by atoms with Crippen LogP contribution in [0.15, 0.2) is 0 Å². The molecule has 4 aliphatic heterocycles. The van der Waals surface area contributed by atoms with Crippen molar-refractivity contribution in [2.75, 3.05) is 54.6 Å². The van der Waals surface area contributed by atoms with E-state index < -0.39 is 48.0 Å². The normalized spacial score (nSPS) is 32.5. The summed E-state index contributed by atoms with van der Waals surface area (Å²) >= 11 is 0. The van der Waals surface area contributed by atoms with Gasteiger partial charge < -0.3 is 60.6 Å². The minimum Gasteiger partial charge on any atom is -0.480 e. The van der Waals surface area contributed by atoms with E-state index in [1.165, 1.54) is 0 Å². The van der Waals surface area contributed by atoms with Gasteiger partial charge in [0.05, 0.1) is 24.4 Å². The van der Waals surface area contributed by atoms with Gasteiger partial charge in [-0.2, -0.15) is 0 Å². The van der Waals surface area contributed by atoms with E-state index in [4.69, 9.17) is 39.4 Å². The van der Waals surface area contributed by atoms with Crippen LogP contribution < -0.4 is 21.3 Å². The zero-order chi connectivity index (χ0) is 30.2. The minimum atomic E-state index is -0.792. The maximum atomic E-state index is 10.3. The first-order valence-electron chi connectivity index (χ1n) is 12.9. The van der Waals surface area contributed by atoms with E-state index >= 15 is 0 Å². The van der Waals surface area contributed by atoms with Crippen LogP contribution in [0.5, 0.6) is 0 Å². The fourth-order valence-corrected chi connectivity index (χ4v) is 4.28. The third kappa shape index (κ3) is 12.8. The molecule has 4 heterocycles. The Labute approximate surface area is 233 Å². The second-order valence-electron chi connectivity index (χ2n) is 9.57. The van der Waals surface area contributed by atoms with E-state index in [1.807, 2.05) is 0 Å². The van der Waals surface area contributed by atoms with Gasteiger partial charge in [0.1, 0.15) is 24.2 Å². The highest BCUT2D eigenvalue weighted by atomic mass is 16.5. The first-order valence-corrected chi connectivity index (χ1v) is 12.9. The second kappa shape index (κ2) is 18.8. The molecule has 0 bridgehead atoms. The highest BCUT2D eigenvalue weighted by molar-refractivity contribution is 5.75. The molecular formula is C24H44N4O12. The van der Waals surface area contributed by atoms with Crippen LogP contribution in [0.1, 0.15) is 25.7 Å². The Morgan fingerprint density at radius 2 is 0.625 bits per heavy atom. The summed E-state index contributed by atoms with van der Waals surface area (Å²) in [6, 6.07) is -1.65. The first kappa shape index (κ1) is 35.6. The molecule has 4 rings (SSSR count). The summed E-state index contributed by atoms with van der Waals surface area (Å²) in [4.78, 5) is 41.4. The van der Waals surface area contributed by atoms with Gasteiger partial charge in [0.2, 0.25) is 0 Å². The van der Waals surface area contributed by atoms with E-state index in [0.717, 1.165) is 0 Å². The van der Waals surface area contributed by atoms with Crippen molar-refractivity contribution in [3.63, 3.8) is 0 Å². The van der Waals surface area contributed by atoms with Crippen molar-refractivity contribution in [2.45, 2.75) is 74.3 Å². The summed E-state index contributed by atoms with van der Waals surface area (Å²) in [6.45, 7) is 2.59. The van der Waals surface area contributed by atoms with Crippen molar-refractivity contribution in [3.05, 3.63) is 0 Å². The lowest BCUT2D eigenvalue weighted by atomic mass is 10.2. The molecule has 8 N–H and O–H groups in total. The Hall–Kier alpha value is -2.44. The van der Waals surface area contributed by atoms with E-state index in [0.29, 0.717) is 51.9 Å². The molecule has 40 heavy (non-hydrogen) atoms. The maximum Gasteiger partial charge on any atom is 0.320 e. The van der Waals surface area contributed by atoms with Crippen LogP contribution in [0.3, 0.4) is 0 Å². The predicted octanol–water partition coefficient (Wildman–Crippen LogP) is -2.21. The van der Waals surface area contributed by atoms with Crippen LogP contribution in [0.2, 0.25) is 0 Å². The van der Waals surface area contributed by atoms with E-state index in [9.17, 15) is 19.2 Å². The second-order valence-corrected chi connectivity index (χ2v) is 9.57. The number of carboxylic acids is 4. The molecule has 0 amide bonds. The van der Waals surface area contributed by atoms with Gasteiger partial charge in [-0.1, -0.05) is 0 Å². The number of ether oxygens (including phenoxy) is 4. The average Bonchev–Trinajstić information content (AvgIpc) is 3.75. The van der Waals surface area contributed by atoms with Gasteiger partial charge in [0.15, 0.2) is 0 Å². The topological polar surface area (TPSA) is 234 Å². The molecule has 0 saturated carbocycles. The van der Waals surface area contributed by atoms with Crippen molar-refractivity contribution in [2.24, 2.45) is 0 Å². The number of carbonyl (C=O) groups is 4. The van der Waals surface area contributed by atoms with Crippen LogP contribution in [-0.2, 0) is 38.1 Å². The van der Waals surface area contributed by atoms with Gasteiger partial charge in [-0.05, 0) is 0 Å². The van der Waals surface area contributed by atoms with Crippen LogP contribution in [0.4, 0.5) is 0 Å². The van der Waals surface area contributed by atoms with Gasteiger partial charge in [-0.3, -0.25) is 19.2 Å². The summed E-state index contributed by atoms with van der Waals surface area (Å²) in [5.74, 6) is -3.17. The zero-order valence-corrected chi connectivity index (χ0v) is 23.3. The quantitative estimate of drug-likeness (QED) is 0.152. The zero-order valence-electron chi connectivity index (χ0n) is 23.3. The van der Waals surface area contributed by atoms with Crippen molar-refractivity contribution >= 4 is 23.9 Å². The van der Waals surface area contributed by atoms with Gasteiger partial charge in [-0.15, -0.1) is 0 Å². The number of methoxy groups -OCH3 is 4. The van der Waals surface area contributed by atoms with Crippen LogP contribution >= 0.6 is 0 Å². The van der Waals surface area contributed by atoms with Gasteiger partial charge in [-0.25, -0.2) is 0 Å². The fourth-order valence-electron chi connectivity index (χ4n) is 4.28. The molecule has 0 aromatic rings. The summed E-state index contributed by atoms with van der Waals surface area (Å²) in [5.41, 5.74) is 0. The molecule has 4 saturated heterocycles. The SMILES string of the molecule is CO[C@@H]1CN[C@@H](C(=O)O)C1.CO[C@@H]1CN[C@H](C(=O)O)C1.CO[C@H]1CN[C@@H](C(=O)O)C1.CO[C@H]1CN[C@H](C(=O)O)C1. The Bertz CT molecular complexity index is 676. The highest BCUT2D eigenvalue weighted by Gasteiger charge is 2.30. The van der Waals surface area contributed by atoms with Gasteiger partial charge in [0, 0.05) is 80.3 Å². The Morgan fingerprint density at radius 3 is 0.700 bits per heavy atom. The van der Waals surface area contributed by atoms with Crippen molar-refractivity contribution < 1.29 is 58.6 Å². The maximum absolute atomic E-state index is 10.3. The van der Waals surface area contributed by atoms with Crippen molar-refractivity contribution in [3.8, 4) is 0 Å². The molecule has 4 aliphatic rings. The highest BCUT2D eigenvalue weighted by Crippen LogP contribution is 2.11. The van der Waals surface area contributed by atoms with E-state index in [-0.39, 0.29) is 24.4 Å². The largest absolute Gasteiger partial charge is 0.480 e. The molecule has 16 heteroatoms. The number of aliphatic carboxylic acids is 4. The molecule has 0 aromatic carbocycles. The molecule has 8 atom stereocenters. The third-order valence-corrected chi connectivity index (χ3v) is 6.89. The Kier molecular flexibility index (Phi) is 16.7. The average molecular weight is 581 g/mol. The molecule has 16 nitrogen and oxygen atoms in total. The summed E-state index contributed by atoms with van der Waals surface area (Å²) in [6.07, 6.45) is 2.58. The van der Waals surface area contributed by atoms with E-state index in [1.54, 1.807) is 28.4 Å². The molecule has 232 valence electrons. The molecule has 0 aliphatic carbocycles. The number of rotatable bonds is 8. The van der Waals surface area contributed by atoms with Crippen LogP contribution in [0.25, 0.3) is 0 Å². The summed E-state index contributed by atoms with van der Waals surface area (Å²) in [7, 11) is 6.38. The third-order valence-electron chi connectivity index (χ3n) is 6.89. The molecule has 4 fully saturated rings. The van der Waals surface area contributed by atoms with Gasteiger partial charge >= 0.3 is 23.9 Å². The van der Waals surface area contributed by atoms with E-state index in [2.05, 4.69) is 21.3 Å². The lowest BCUT2D eigenvalue weighted by Crippen LogP contribution is -2.29. The Balaban J connectivity index is 0.000000267.